The van der Waals surface area contributed by atoms with Gasteiger partial charge in [-0.1, -0.05) is 30.3 Å². The van der Waals surface area contributed by atoms with Crippen LogP contribution in [-0.4, -0.2) is 76.6 Å². The number of rotatable bonds is 11. The molecule has 2 aliphatic heterocycles. The Balaban J connectivity index is 1.37. The van der Waals surface area contributed by atoms with Crippen molar-refractivity contribution in [3.05, 3.63) is 72.3 Å². The van der Waals surface area contributed by atoms with E-state index >= 15 is 0 Å². The van der Waals surface area contributed by atoms with Crippen LogP contribution in [0.4, 0.5) is 5.69 Å². The molecule has 0 aromatic heterocycles. The number of carboxylic acids is 1. The number of carboxylic acid groups (broad SMARTS) is 1. The van der Waals surface area contributed by atoms with Crippen molar-refractivity contribution in [1.29, 1.82) is 0 Å². The number of amides is 1. The predicted octanol–water partition coefficient (Wildman–Crippen LogP) is 3.68. The van der Waals surface area contributed by atoms with Gasteiger partial charge in [-0.2, -0.15) is 0 Å². The molecule has 2 heterocycles. The van der Waals surface area contributed by atoms with Crippen LogP contribution in [0.3, 0.4) is 0 Å². The van der Waals surface area contributed by atoms with Gasteiger partial charge in [0.15, 0.2) is 14.6 Å². The second-order valence-electron chi connectivity index (χ2n) is 11.3. The molecule has 2 atom stereocenters. The molecule has 11 heteroatoms. The molecule has 44 heavy (non-hydrogen) atoms. The van der Waals surface area contributed by atoms with Crippen LogP contribution in [0.1, 0.15) is 31.2 Å². The highest BCUT2D eigenvalue weighted by Gasteiger charge is 2.52. The molecule has 2 aliphatic rings. The van der Waals surface area contributed by atoms with E-state index in [1.54, 1.807) is 50.6 Å². The van der Waals surface area contributed by atoms with Crippen LogP contribution < -0.4 is 25.0 Å². The van der Waals surface area contributed by atoms with Gasteiger partial charge in [0.2, 0.25) is 5.91 Å². The third-order valence-corrected chi connectivity index (χ3v) is 11.1. The van der Waals surface area contributed by atoms with Gasteiger partial charge >= 0.3 is 5.97 Å². The van der Waals surface area contributed by atoms with Crippen molar-refractivity contribution < 1.29 is 32.6 Å². The molecule has 1 unspecified atom stereocenters. The maximum atomic E-state index is 14.1. The van der Waals surface area contributed by atoms with E-state index in [-0.39, 0.29) is 24.3 Å². The van der Waals surface area contributed by atoms with Crippen molar-refractivity contribution in [2.45, 2.75) is 47.8 Å². The second kappa shape index (κ2) is 13.3. The molecule has 0 aliphatic carbocycles. The van der Waals surface area contributed by atoms with Crippen molar-refractivity contribution in [3.63, 3.8) is 0 Å². The molecular weight excluding hydrogens is 582 g/mol. The fourth-order valence-electron chi connectivity index (χ4n) is 6.13. The minimum atomic E-state index is -4.17. The number of nitrogens with one attached hydrogen (secondary N) is 2. The van der Waals surface area contributed by atoms with Crippen LogP contribution in [0.25, 0.3) is 11.1 Å². The van der Waals surface area contributed by atoms with Crippen LogP contribution in [0.15, 0.2) is 71.6 Å². The molecule has 3 aromatic rings. The molecule has 2 fully saturated rings. The van der Waals surface area contributed by atoms with Gasteiger partial charge in [-0.3, -0.25) is 4.79 Å². The highest BCUT2D eigenvalue weighted by molar-refractivity contribution is 7.93. The number of ether oxygens (including phenoxy) is 2. The Morgan fingerprint density at radius 2 is 1.59 bits per heavy atom. The Bertz CT molecular complexity index is 1560. The fourth-order valence-corrected chi connectivity index (χ4v) is 8.08. The number of sulfone groups is 1. The van der Waals surface area contributed by atoms with Gasteiger partial charge in [0.25, 0.3) is 0 Å². The second-order valence-corrected chi connectivity index (χ2v) is 13.5. The van der Waals surface area contributed by atoms with Crippen molar-refractivity contribution >= 4 is 27.4 Å². The van der Waals surface area contributed by atoms with Gasteiger partial charge in [-0.25, -0.2) is 13.2 Å². The molecule has 0 spiro atoms. The monoisotopic (exact) mass is 621 g/mol. The topological polar surface area (TPSA) is 134 Å². The first kappa shape index (κ1) is 31.3. The summed E-state index contributed by atoms with van der Waals surface area (Å²) in [7, 11) is -1.02. The van der Waals surface area contributed by atoms with Crippen LogP contribution in [0, 0.1) is 0 Å². The number of anilines is 1. The molecule has 10 nitrogen and oxygen atoms in total. The SMILES string of the molecule is COc1cccc(OC)c1-c1ccc(C[C@H](NC(=O)C2(S(=O)(=O)c3ccc(N4CCCC4)cc3)CCCNC2)C(=O)O)cc1. The zero-order valence-corrected chi connectivity index (χ0v) is 25.9. The van der Waals surface area contributed by atoms with E-state index < -0.39 is 32.5 Å². The first-order valence-corrected chi connectivity index (χ1v) is 16.3. The van der Waals surface area contributed by atoms with E-state index in [2.05, 4.69) is 15.5 Å². The van der Waals surface area contributed by atoms with Gasteiger partial charge in [0, 0.05) is 31.7 Å². The average Bonchev–Trinajstić information content (AvgIpc) is 3.60. The van der Waals surface area contributed by atoms with E-state index in [1.807, 2.05) is 30.3 Å². The lowest BCUT2D eigenvalue weighted by atomic mass is 9.96. The lowest BCUT2D eigenvalue weighted by Gasteiger charge is -2.36. The zero-order valence-electron chi connectivity index (χ0n) is 25.0. The number of hydrogen-bond acceptors (Lipinski definition) is 8. The molecule has 1 amide bonds. The lowest BCUT2D eigenvalue weighted by molar-refractivity contribution is -0.142. The summed E-state index contributed by atoms with van der Waals surface area (Å²) in [6, 6.07) is 18.0. The molecule has 2 saturated heterocycles. The first-order valence-electron chi connectivity index (χ1n) is 14.8. The maximum absolute atomic E-state index is 14.1. The third-order valence-electron chi connectivity index (χ3n) is 8.60. The summed E-state index contributed by atoms with van der Waals surface area (Å²) in [6.07, 6.45) is 2.72. The van der Waals surface area contributed by atoms with Crippen LogP contribution in [0.5, 0.6) is 11.5 Å². The molecule has 5 rings (SSSR count). The summed E-state index contributed by atoms with van der Waals surface area (Å²) >= 11 is 0. The van der Waals surface area contributed by atoms with Crippen molar-refractivity contribution in [2.75, 3.05) is 45.3 Å². The third kappa shape index (κ3) is 6.11. The largest absolute Gasteiger partial charge is 0.496 e. The normalized spacial score (nSPS) is 19.3. The minimum absolute atomic E-state index is 0.0293. The lowest BCUT2D eigenvalue weighted by Crippen LogP contribution is -2.62. The Labute approximate surface area is 258 Å². The standard InChI is InChI=1S/C33H39N3O7S/c1-42-28-7-5-8-29(43-2)30(28)24-11-9-23(10-12-24)21-27(31(37)38)35-32(39)33(17-6-18-34-22-33)44(40,41)26-15-13-25(14-16-26)36-19-3-4-20-36/h5,7-16,27,34H,3-4,6,17-22H2,1-2H3,(H,35,39)(H,37,38)/t27-,33?/m0/s1. The number of methoxy groups -OCH3 is 2. The number of benzene rings is 3. The molecular formula is C33H39N3O7S. The Hall–Kier alpha value is -4.09. The Morgan fingerprint density at radius 3 is 2.14 bits per heavy atom. The Morgan fingerprint density at radius 1 is 0.955 bits per heavy atom. The summed E-state index contributed by atoms with van der Waals surface area (Å²) in [5.74, 6) is -0.798. The van der Waals surface area contributed by atoms with E-state index in [9.17, 15) is 23.1 Å². The van der Waals surface area contributed by atoms with Gasteiger partial charge in [-0.05, 0) is 79.8 Å². The van der Waals surface area contributed by atoms with E-state index in [0.717, 1.165) is 42.7 Å². The first-order chi connectivity index (χ1) is 21.2. The number of nitrogens with zero attached hydrogens (tertiary/aromatic N) is 1. The molecule has 0 saturated carbocycles. The van der Waals surface area contributed by atoms with Crippen molar-refractivity contribution in [2.24, 2.45) is 0 Å². The maximum Gasteiger partial charge on any atom is 0.326 e. The van der Waals surface area contributed by atoms with Crippen LogP contribution >= 0.6 is 0 Å². The quantitative estimate of drug-likeness (QED) is 0.293. The van der Waals surface area contributed by atoms with Crippen molar-refractivity contribution in [1.82, 2.24) is 10.6 Å². The minimum Gasteiger partial charge on any atom is -0.496 e. The smallest absolute Gasteiger partial charge is 0.326 e. The summed E-state index contributed by atoms with van der Waals surface area (Å²) < 4.78 is 37.4. The van der Waals surface area contributed by atoms with Gasteiger partial charge in [-0.15, -0.1) is 0 Å². The summed E-state index contributed by atoms with van der Waals surface area (Å²) in [4.78, 5) is 28.5. The summed E-state index contributed by atoms with van der Waals surface area (Å²) in [5.41, 5.74) is 3.18. The van der Waals surface area contributed by atoms with Gasteiger partial charge in [0.05, 0.1) is 24.7 Å². The van der Waals surface area contributed by atoms with Gasteiger partial charge in [0.1, 0.15) is 17.5 Å². The molecule has 0 radical (unpaired) electrons. The average molecular weight is 622 g/mol. The fraction of sp³-hybridized carbons (Fsp3) is 0.394. The van der Waals surface area contributed by atoms with Gasteiger partial charge < -0.3 is 30.1 Å². The molecule has 234 valence electrons. The van der Waals surface area contributed by atoms with Crippen LogP contribution in [-0.2, 0) is 25.8 Å². The number of carbonyl (C=O) groups is 2. The molecule has 3 aromatic carbocycles. The summed E-state index contributed by atoms with van der Waals surface area (Å²) in [5, 5.41) is 15.7. The zero-order chi connectivity index (χ0) is 31.3. The predicted molar refractivity (Wildman–Crippen MR) is 168 cm³/mol. The molecule has 3 N–H and O–H groups in total. The number of piperidine rings is 1. The van der Waals surface area contributed by atoms with E-state index in [1.165, 1.54) is 0 Å². The number of carbonyl (C=O) groups excluding carboxylic acids is 1. The van der Waals surface area contributed by atoms with E-state index in [4.69, 9.17) is 9.47 Å². The number of hydrogen-bond donors (Lipinski definition) is 3. The van der Waals surface area contributed by atoms with Crippen molar-refractivity contribution in [3.8, 4) is 22.6 Å². The highest BCUT2D eigenvalue weighted by atomic mass is 32.2. The van der Waals surface area contributed by atoms with Crippen LogP contribution in [0.2, 0.25) is 0 Å². The number of aliphatic carboxylic acids is 1. The summed E-state index contributed by atoms with van der Waals surface area (Å²) in [6.45, 7) is 2.33. The van der Waals surface area contributed by atoms with E-state index in [0.29, 0.717) is 30.0 Å². The Kier molecular flexibility index (Phi) is 9.45. The highest BCUT2D eigenvalue weighted by Crippen LogP contribution is 2.38. The molecule has 0 bridgehead atoms.